The van der Waals surface area contributed by atoms with Gasteiger partial charge >= 0.3 is 0 Å². The Balaban J connectivity index is 3.30. The molecule has 0 rings (SSSR count). The third-order valence-corrected chi connectivity index (χ3v) is 4.25. The van der Waals surface area contributed by atoms with Gasteiger partial charge in [0.2, 0.25) is 5.91 Å². The SMILES string of the molecule is CCCCCCCCCCCCCC(C)(C)C(=O)NC. The molecule has 120 valence electrons. The van der Waals surface area contributed by atoms with Crippen LogP contribution in [0.5, 0.6) is 0 Å². The summed E-state index contributed by atoms with van der Waals surface area (Å²) < 4.78 is 0. The van der Waals surface area contributed by atoms with Crippen LogP contribution < -0.4 is 5.32 Å². The highest BCUT2D eigenvalue weighted by atomic mass is 16.2. The Morgan fingerprint density at radius 2 is 1.20 bits per heavy atom. The zero-order valence-corrected chi connectivity index (χ0v) is 14.4. The van der Waals surface area contributed by atoms with Crippen molar-refractivity contribution in [3.8, 4) is 0 Å². The summed E-state index contributed by atoms with van der Waals surface area (Å²) >= 11 is 0. The Hall–Kier alpha value is -0.530. The van der Waals surface area contributed by atoms with Gasteiger partial charge in [-0.2, -0.15) is 0 Å². The maximum absolute atomic E-state index is 11.6. The summed E-state index contributed by atoms with van der Waals surface area (Å²) in [5.41, 5.74) is -0.200. The molecule has 0 aromatic heterocycles. The normalized spacial score (nSPS) is 11.6. The van der Waals surface area contributed by atoms with Crippen molar-refractivity contribution < 1.29 is 4.79 Å². The first kappa shape index (κ1) is 19.5. The Bertz CT molecular complexity index is 236. The number of unbranched alkanes of at least 4 members (excludes halogenated alkanes) is 10. The Morgan fingerprint density at radius 1 is 0.800 bits per heavy atom. The van der Waals surface area contributed by atoms with Crippen LogP contribution in [0.25, 0.3) is 0 Å². The second-order valence-corrected chi connectivity index (χ2v) is 6.75. The van der Waals surface area contributed by atoms with E-state index in [1.165, 1.54) is 70.6 Å². The van der Waals surface area contributed by atoms with E-state index >= 15 is 0 Å². The molecule has 0 aromatic carbocycles. The molecule has 0 aliphatic heterocycles. The van der Waals surface area contributed by atoms with Gasteiger partial charge < -0.3 is 5.32 Å². The molecule has 0 unspecified atom stereocenters. The van der Waals surface area contributed by atoms with Gasteiger partial charge in [-0.15, -0.1) is 0 Å². The largest absolute Gasteiger partial charge is 0.359 e. The maximum atomic E-state index is 11.6. The molecule has 0 bridgehead atoms. The summed E-state index contributed by atoms with van der Waals surface area (Å²) in [6.07, 6.45) is 16.0. The van der Waals surface area contributed by atoms with Crippen LogP contribution in [0.4, 0.5) is 0 Å². The van der Waals surface area contributed by atoms with Gasteiger partial charge in [-0.3, -0.25) is 4.79 Å². The molecular formula is C18H37NO. The first-order valence-electron chi connectivity index (χ1n) is 8.76. The minimum absolute atomic E-state index is 0.171. The van der Waals surface area contributed by atoms with Crippen LogP contribution in [-0.4, -0.2) is 13.0 Å². The summed E-state index contributed by atoms with van der Waals surface area (Å²) in [6.45, 7) is 6.36. The van der Waals surface area contributed by atoms with Crippen LogP contribution in [0.2, 0.25) is 0 Å². The second kappa shape index (κ2) is 12.2. The summed E-state index contributed by atoms with van der Waals surface area (Å²) in [6, 6.07) is 0. The van der Waals surface area contributed by atoms with Crippen LogP contribution >= 0.6 is 0 Å². The fourth-order valence-corrected chi connectivity index (χ4v) is 2.68. The van der Waals surface area contributed by atoms with Crippen molar-refractivity contribution in [1.29, 1.82) is 0 Å². The molecule has 0 saturated heterocycles. The third-order valence-electron chi connectivity index (χ3n) is 4.25. The summed E-state index contributed by atoms with van der Waals surface area (Å²) in [5.74, 6) is 0.171. The van der Waals surface area contributed by atoms with E-state index in [1.54, 1.807) is 7.05 Å². The predicted molar refractivity (Wildman–Crippen MR) is 88.9 cm³/mol. The van der Waals surface area contributed by atoms with E-state index in [-0.39, 0.29) is 11.3 Å². The number of hydrogen-bond donors (Lipinski definition) is 1. The molecule has 1 N–H and O–H groups in total. The third kappa shape index (κ3) is 10.3. The van der Waals surface area contributed by atoms with Gasteiger partial charge in [0.1, 0.15) is 0 Å². The molecular weight excluding hydrogens is 246 g/mol. The lowest BCUT2D eigenvalue weighted by Crippen LogP contribution is -2.34. The van der Waals surface area contributed by atoms with Crippen molar-refractivity contribution in [1.82, 2.24) is 5.32 Å². The van der Waals surface area contributed by atoms with Crippen molar-refractivity contribution in [2.75, 3.05) is 7.05 Å². The van der Waals surface area contributed by atoms with E-state index in [2.05, 4.69) is 12.2 Å². The number of carbonyl (C=O) groups excluding carboxylic acids is 1. The van der Waals surface area contributed by atoms with Crippen LogP contribution in [0.15, 0.2) is 0 Å². The molecule has 20 heavy (non-hydrogen) atoms. The molecule has 0 atom stereocenters. The number of rotatable bonds is 13. The summed E-state index contributed by atoms with van der Waals surface area (Å²) in [4.78, 5) is 11.6. The quantitative estimate of drug-likeness (QED) is 0.447. The first-order chi connectivity index (χ1) is 9.54. The van der Waals surface area contributed by atoms with E-state index in [0.717, 1.165) is 6.42 Å². The Labute approximate surface area is 127 Å². The number of amides is 1. The molecule has 2 nitrogen and oxygen atoms in total. The van der Waals surface area contributed by atoms with Crippen LogP contribution in [-0.2, 0) is 4.79 Å². The smallest absolute Gasteiger partial charge is 0.225 e. The van der Waals surface area contributed by atoms with Crippen LogP contribution in [0.3, 0.4) is 0 Å². The molecule has 0 aromatic rings. The monoisotopic (exact) mass is 283 g/mol. The van der Waals surface area contributed by atoms with Gasteiger partial charge in [0.05, 0.1) is 0 Å². The highest BCUT2D eigenvalue weighted by Gasteiger charge is 2.25. The zero-order valence-electron chi connectivity index (χ0n) is 14.4. The lowest BCUT2D eigenvalue weighted by molar-refractivity contribution is -0.129. The number of hydrogen-bond acceptors (Lipinski definition) is 1. The van der Waals surface area contributed by atoms with Gasteiger partial charge in [0, 0.05) is 12.5 Å². The zero-order chi connectivity index (χ0) is 15.3. The Morgan fingerprint density at radius 3 is 1.60 bits per heavy atom. The minimum atomic E-state index is -0.200. The highest BCUT2D eigenvalue weighted by molar-refractivity contribution is 5.81. The Kier molecular flexibility index (Phi) is 11.9. The molecule has 2 heteroatoms. The van der Waals surface area contributed by atoms with Crippen molar-refractivity contribution in [3.05, 3.63) is 0 Å². The van der Waals surface area contributed by atoms with E-state index in [4.69, 9.17) is 0 Å². The van der Waals surface area contributed by atoms with E-state index in [1.807, 2.05) is 13.8 Å². The van der Waals surface area contributed by atoms with Crippen molar-refractivity contribution in [2.45, 2.75) is 97.8 Å². The van der Waals surface area contributed by atoms with Crippen LogP contribution in [0.1, 0.15) is 97.8 Å². The average molecular weight is 283 g/mol. The van der Waals surface area contributed by atoms with Crippen molar-refractivity contribution in [2.24, 2.45) is 5.41 Å². The van der Waals surface area contributed by atoms with Gasteiger partial charge in [0.15, 0.2) is 0 Å². The first-order valence-corrected chi connectivity index (χ1v) is 8.76. The second-order valence-electron chi connectivity index (χ2n) is 6.75. The van der Waals surface area contributed by atoms with Gasteiger partial charge in [-0.1, -0.05) is 91.4 Å². The average Bonchev–Trinajstić information content (AvgIpc) is 2.43. The van der Waals surface area contributed by atoms with Gasteiger partial charge in [-0.05, 0) is 6.42 Å². The molecule has 0 aliphatic carbocycles. The van der Waals surface area contributed by atoms with Crippen molar-refractivity contribution >= 4 is 5.91 Å². The maximum Gasteiger partial charge on any atom is 0.225 e. The van der Waals surface area contributed by atoms with E-state index < -0.39 is 0 Å². The standard InChI is InChI=1S/C18H37NO/c1-5-6-7-8-9-10-11-12-13-14-15-16-18(2,3)17(20)19-4/h5-16H2,1-4H3,(H,19,20). The fraction of sp³-hybridized carbons (Fsp3) is 0.944. The molecule has 1 amide bonds. The number of carbonyl (C=O) groups is 1. The molecule has 0 spiro atoms. The fourth-order valence-electron chi connectivity index (χ4n) is 2.68. The molecule has 0 fully saturated rings. The molecule has 0 heterocycles. The molecule has 0 aliphatic rings. The molecule has 0 radical (unpaired) electrons. The van der Waals surface area contributed by atoms with Crippen LogP contribution in [0, 0.1) is 5.41 Å². The lowest BCUT2D eigenvalue weighted by atomic mass is 9.86. The topological polar surface area (TPSA) is 29.1 Å². The summed E-state index contributed by atoms with van der Waals surface area (Å²) in [5, 5.41) is 2.76. The molecule has 0 saturated carbocycles. The highest BCUT2D eigenvalue weighted by Crippen LogP contribution is 2.24. The minimum Gasteiger partial charge on any atom is -0.359 e. The van der Waals surface area contributed by atoms with E-state index in [9.17, 15) is 4.79 Å². The summed E-state index contributed by atoms with van der Waals surface area (Å²) in [7, 11) is 1.73. The lowest BCUT2D eigenvalue weighted by Gasteiger charge is -2.22. The van der Waals surface area contributed by atoms with E-state index in [0.29, 0.717) is 0 Å². The van der Waals surface area contributed by atoms with Gasteiger partial charge in [0.25, 0.3) is 0 Å². The van der Waals surface area contributed by atoms with Crippen molar-refractivity contribution in [3.63, 3.8) is 0 Å². The van der Waals surface area contributed by atoms with Gasteiger partial charge in [-0.25, -0.2) is 0 Å². The predicted octanol–water partition coefficient (Wildman–Crippen LogP) is 5.46. The number of nitrogens with one attached hydrogen (secondary N) is 1.